The second-order valence-electron chi connectivity index (χ2n) is 5.92. The Morgan fingerprint density at radius 3 is 2.65 bits per heavy atom. The van der Waals surface area contributed by atoms with Gasteiger partial charge in [-0.1, -0.05) is 12.1 Å². The fraction of sp³-hybridized carbons (Fsp3) is 0.333. The van der Waals surface area contributed by atoms with Crippen LogP contribution in [-0.4, -0.2) is 37.1 Å². The van der Waals surface area contributed by atoms with Crippen molar-refractivity contribution in [3.8, 4) is 5.75 Å². The van der Waals surface area contributed by atoms with Crippen LogP contribution in [-0.2, 0) is 0 Å². The summed E-state index contributed by atoms with van der Waals surface area (Å²) in [5, 5.41) is 0. The molecule has 0 atom stereocenters. The molecule has 5 heteroatoms. The largest absolute Gasteiger partial charge is 0.494 e. The van der Waals surface area contributed by atoms with Crippen LogP contribution >= 0.6 is 0 Å². The second-order valence-corrected chi connectivity index (χ2v) is 5.92. The van der Waals surface area contributed by atoms with Crippen LogP contribution in [0, 0.1) is 0 Å². The number of carbonyl (C=O) groups excluding carboxylic acids is 1. The summed E-state index contributed by atoms with van der Waals surface area (Å²) < 4.78 is 5.29. The smallest absolute Gasteiger partial charge is 0.280 e. The van der Waals surface area contributed by atoms with Gasteiger partial charge in [-0.2, -0.15) is 0 Å². The Balaban J connectivity index is 1.71. The van der Waals surface area contributed by atoms with Gasteiger partial charge in [0, 0.05) is 25.3 Å². The first kappa shape index (κ1) is 14.1. The summed E-state index contributed by atoms with van der Waals surface area (Å²) in [6.45, 7) is 1.54. The lowest BCUT2D eigenvalue weighted by molar-refractivity contribution is 0.0978. The van der Waals surface area contributed by atoms with E-state index in [-0.39, 0.29) is 5.91 Å². The van der Waals surface area contributed by atoms with E-state index in [1.807, 2.05) is 23.1 Å². The van der Waals surface area contributed by atoms with Crippen molar-refractivity contribution in [3.63, 3.8) is 0 Å². The predicted molar refractivity (Wildman–Crippen MR) is 89.3 cm³/mol. The highest BCUT2D eigenvalue weighted by atomic mass is 16.5. The first-order chi connectivity index (χ1) is 11.3. The van der Waals surface area contributed by atoms with Gasteiger partial charge in [0.2, 0.25) is 0 Å². The lowest BCUT2D eigenvalue weighted by atomic mass is 10.1. The molecule has 118 valence electrons. The number of carbonyl (C=O) groups is 1. The molecule has 2 aromatic rings. The summed E-state index contributed by atoms with van der Waals surface area (Å²) in [5.74, 6) is 0.407. The van der Waals surface area contributed by atoms with Gasteiger partial charge in [-0.3, -0.25) is 4.79 Å². The minimum Gasteiger partial charge on any atom is -0.494 e. The van der Waals surface area contributed by atoms with Crippen molar-refractivity contribution < 1.29 is 9.53 Å². The highest BCUT2D eigenvalue weighted by molar-refractivity contribution is 6.08. The number of fused-ring (bicyclic) bond motifs is 1. The summed E-state index contributed by atoms with van der Waals surface area (Å²) in [7, 11) is 1.56. The first-order valence-electron chi connectivity index (χ1n) is 7.96. The van der Waals surface area contributed by atoms with Crippen molar-refractivity contribution in [2.24, 2.45) is 0 Å². The van der Waals surface area contributed by atoms with Crippen molar-refractivity contribution >= 4 is 17.3 Å². The molecule has 23 heavy (non-hydrogen) atoms. The number of rotatable bonds is 3. The van der Waals surface area contributed by atoms with Crippen LogP contribution in [0.15, 0.2) is 42.6 Å². The van der Waals surface area contributed by atoms with Gasteiger partial charge in [-0.25, -0.2) is 4.98 Å². The van der Waals surface area contributed by atoms with Crippen LogP contribution in [0.2, 0.25) is 0 Å². The van der Waals surface area contributed by atoms with E-state index < -0.39 is 0 Å². The van der Waals surface area contributed by atoms with Gasteiger partial charge in [0.05, 0.1) is 18.5 Å². The van der Waals surface area contributed by atoms with E-state index in [1.165, 1.54) is 12.8 Å². The van der Waals surface area contributed by atoms with Crippen LogP contribution in [0.4, 0.5) is 11.4 Å². The Hall–Kier alpha value is -2.56. The molecule has 2 aliphatic rings. The summed E-state index contributed by atoms with van der Waals surface area (Å²) >= 11 is 0. The zero-order chi connectivity index (χ0) is 15.8. The number of anilines is 2. The van der Waals surface area contributed by atoms with Gasteiger partial charge in [0.15, 0.2) is 5.69 Å². The van der Waals surface area contributed by atoms with Crippen LogP contribution in [0.25, 0.3) is 0 Å². The van der Waals surface area contributed by atoms with Crippen molar-refractivity contribution in [3.05, 3.63) is 48.3 Å². The lowest BCUT2D eigenvalue weighted by Gasteiger charge is -2.37. The molecule has 4 rings (SSSR count). The van der Waals surface area contributed by atoms with Crippen molar-refractivity contribution in [1.82, 2.24) is 4.98 Å². The summed E-state index contributed by atoms with van der Waals surface area (Å²) in [4.78, 5) is 21.5. The molecule has 1 amide bonds. The fourth-order valence-electron chi connectivity index (χ4n) is 3.20. The van der Waals surface area contributed by atoms with Crippen LogP contribution in [0.1, 0.15) is 23.3 Å². The SMILES string of the molecule is COc1cccnc1C(=O)N1CCN(C2CC2)c2ccccc21. The molecule has 1 fully saturated rings. The number of methoxy groups -OCH3 is 1. The van der Waals surface area contributed by atoms with Gasteiger partial charge >= 0.3 is 0 Å². The number of pyridine rings is 1. The molecule has 0 N–H and O–H groups in total. The number of amides is 1. The molecule has 0 unspecified atom stereocenters. The maximum Gasteiger partial charge on any atom is 0.280 e. The maximum atomic E-state index is 13.0. The van der Waals surface area contributed by atoms with Crippen molar-refractivity contribution in [2.45, 2.75) is 18.9 Å². The average Bonchev–Trinajstić information content (AvgIpc) is 3.45. The van der Waals surface area contributed by atoms with Gasteiger partial charge in [0.1, 0.15) is 5.75 Å². The standard InChI is InChI=1S/C18H19N3O2/c1-23-16-7-4-10-19-17(16)18(22)21-12-11-20(13-8-9-13)14-5-2-3-6-15(14)21/h2-7,10,13H,8-9,11-12H2,1H3. The molecule has 5 nitrogen and oxygen atoms in total. The summed E-state index contributed by atoms with van der Waals surface area (Å²) in [6.07, 6.45) is 4.12. The monoisotopic (exact) mass is 309 g/mol. The van der Waals surface area contributed by atoms with Gasteiger partial charge < -0.3 is 14.5 Å². The molecule has 1 aliphatic carbocycles. The van der Waals surface area contributed by atoms with E-state index in [0.29, 0.717) is 24.0 Å². The number of para-hydroxylation sites is 2. The van der Waals surface area contributed by atoms with E-state index in [0.717, 1.165) is 17.9 Å². The zero-order valence-electron chi connectivity index (χ0n) is 13.1. The molecule has 0 radical (unpaired) electrons. The van der Waals surface area contributed by atoms with Gasteiger partial charge in [-0.05, 0) is 37.1 Å². The normalized spacial score (nSPS) is 16.9. The van der Waals surface area contributed by atoms with Crippen LogP contribution < -0.4 is 14.5 Å². The minimum atomic E-state index is -0.106. The van der Waals surface area contributed by atoms with Gasteiger partial charge in [0.25, 0.3) is 5.91 Å². The third-order valence-corrected chi connectivity index (χ3v) is 4.47. The van der Waals surface area contributed by atoms with E-state index in [2.05, 4.69) is 16.0 Å². The van der Waals surface area contributed by atoms with Crippen LogP contribution in [0.5, 0.6) is 5.75 Å². The molecule has 2 heterocycles. The van der Waals surface area contributed by atoms with E-state index in [4.69, 9.17) is 4.74 Å². The third kappa shape index (κ3) is 2.42. The fourth-order valence-corrected chi connectivity index (χ4v) is 3.20. The Bertz CT molecular complexity index is 743. The first-order valence-corrected chi connectivity index (χ1v) is 7.96. The lowest BCUT2D eigenvalue weighted by Crippen LogP contribution is -2.45. The number of benzene rings is 1. The molecule has 1 aromatic carbocycles. The topological polar surface area (TPSA) is 45.7 Å². The number of ether oxygens (including phenoxy) is 1. The zero-order valence-corrected chi connectivity index (χ0v) is 13.1. The Morgan fingerprint density at radius 1 is 1.13 bits per heavy atom. The summed E-state index contributed by atoms with van der Waals surface area (Å²) in [5.41, 5.74) is 2.47. The quantitative estimate of drug-likeness (QED) is 0.874. The minimum absolute atomic E-state index is 0.106. The highest BCUT2D eigenvalue weighted by Gasteiger charge is 2.36. The Kier molecular flexibility index (Phi) is 3.41. The number of nitrogens with zero attached hydrogens (tertiary/aromatic N) is 3. The molecular weight excluding hydrogens is 290 g/mol. The molecule has 1 aromatic heterocycles. The van der Waals surface area contributed by atoms with Crippen molar-refractivity contribution in [2.75, 3.05) is 30.0 Å². The number of hydrogen-bond donors (Lipinski definition) is 0. The van der Waals surface area contributed by atoms with Crippen LogP contribution in [0.3, 0.4) is 0 Å². The number of hydrogen-bond acceptors (Lipinski definition) is 4. The molecule has 0 spiro atoms. The number of aromatic nitrogens is 1. The van der Waals surface area contributed by atoms with Crippen molar-refractivity contribution in [1.29, 1.82) is 0 Å². The Morgan fingerprint density at radius 2 is 1.91 bits per heavy atom. The molecule has 0 saturated heterocycles. The second kappa shape index (κ2) is 5.57. The van der Waals surface area contributed by atoms with Gasteiger partial charge in [-0.15, -0.1) is 0 Å². The highest BCUT2D eigenvalue weighted by Crippen LogP contribution is 2.40. The Labute approximate surface area is 135 Å². The molecule has 1 saturated carbocycles. The predicted octanol–water partition coefficient (Wildman–Crippen LogP) is 2.72. The molecule has 0 bridgehead atoms. The third-order valence-electron chi connectivity index (χ3n) is 4.47. The maximum absolute atomic E-state index is 13.0. The van der Waals surface area contributed by atoms with E-state index in [9.17, 15) is 4.79 Å². The summed E-state index contributed by atoms with van der Waals surface area (Å²) in [6, 6.07) is 12.3. The molecular formula is C18H19N3O2. The van der Waals surface area contributed by atoms with E-state index in [1.54, 1.807) is 25.4 Å². The molecule has 1 aliphatic heterocycles. The van der Waals surface area contributed by atoms with E-state index >= 15 is 0 Å². The average molecular weight is 309 g/mol.